The number of carbonyl (C=O) groups is 1. The van der Waals surface area contributed by atoms with E-state index >= 15 is 0 Å². The summed E-state index contributed by atoms with van der Waals surface area (Å²) in [7, 11) is 0. The predicted octanol–water partition coefficient (Wildman–Crippen LogP) is 3.97. The van der Waals surface area contributed by atoms with Gasteiger partial charge in [0.05, 0.1) is 6.10 Å². The van der Waals surface area contributed by atoms with Crippen LogP contribution in [0.1, 0.15) is 55.5 Å². The molecule has 26 heavy (non-hydrogen) atoms. The van der Waals surface area contributed by atoms with Gasteiger partial charge in [-0.2, -0.15) is 0 Å². The first-order valence-electron chi connectivity index (χ1n) is 9.70. The van der Waals surface area contributed by atoms with Gasteiger partial charge in [0.1, 0.15) is 12.4 Å². The molecule has 0 fully saturated rings. The van der Waals surface area contributed by atoms with E-state index in [1.165, 1.54) is 5.56 Å². The number of fused-ring (bicyclic) bond motifs is 1. The normalized spacial score (nSPS) is 20.2. The molecule has 0 unspecified atom stereocenters. The van der Waals surface area contributed by atoms with Crippen LogP contribution in [-0.4, -0.2) is 35.6 Å². The van der Waals surface area contributed by atoms with Crippen molar-refractivity contribution in [2.75, 3.05) is 19.7 Å². The summed E-state index contributed by atoms with van der Waals surface area (Å²) in [6.07, 6.45) is 2.80. The Hall–Kier alpha value is -1.81. The highest BCUT2D eigenvalue weighted by Gasteiger charge is 2.38. The topological polar surface area (TPSA) is 49.8 Å². The van der Waals surface area contributed by atoms with Crippen molar-refractivity contribution in [1.29, 1.82) is 0 Å². The fraction of sp³-hybridized carbons (Fsp3) is 0.591. The van der Waals surface area contributed by atoms with Gasteiger partial charge in [-0.05, 0) is 68.9 Å². The van der Waals surface area contributed by atoms with Crippen molar-refractivity contribution >= 4 is 5.91 Å². The van der Waals surface area contributed by atoms with E-state index in [4.69, 9.17) is 4.74 Å². The average Bonchev–Trinajstić information content (AvgIpc) is 2.63. The summed E-state index contributed by atoms with van der Waals surface area (Å²) < 4.78 is 5.79. The number of aliphatic hydroxyl groups excluding tert-OH is 1. The van der Waals surface area contributed by atoms with E-state index < -0.39 is 6.10 Å². The maximum atomic E-state index is 12.8. The zero-order chi connectivity index (χ0) is 19.4. The molecule has 0 bridgehead atoms. The van der Waals surface area contributed by atoms with Gasteiger partial charge in [-0.1, -0.05) is 19.6 Å². The molecule has 0 radical (unpaired) electrons. The van der Waals surface area contributed by atoms with Gasteiger partial charge < -0.3 is 14.7 Å². The van der Waals surface area contributed by atoms with Crippen molar-refractivity contribution in [2.24, 2.45) is 11.8 Å². The fourth-order valence-corrected chi connectivity index (χ4v) is 4.21. The van der Waals surface area contributed by atoms with E-state index in [1.54, 1.807) is 6.08 Å². The number of carbonyl (C=O) groups excluding carboxylic acids is 1. The van der Waals surface area contributed by atoms with Crippen LogP contribution in [0, 0.1) is 25.7 Å². The standard InChI is InChI=1S/C22H33NO3/c1-7-12-26-19-13-14(4)17-10-11-18(21(24)20(17)16(19)6)15(5)22(25)23(8-2)9-3/h7,13,15,18,21,24H,1,8-12H2,2-6H3/t15-,18+,21+/m0/s1. The first-order valence-corrected chi connectivity index (χ1v) is 9.70. The monoisotopic (exact) mass is 359 g/mol. The second kappa shape index (κ2) is 8.72. The second-order valence-electron chi connectivity index (χ2n) is 7.26. The Kier molecular flexibility index (Phi) is 6.87. The molecule has 3 atom stereocenters. The third kappa shape index (κ3) is 3.80. The lowest BCUT2D eigenvalue weighted by molar-refractivity contribution is -0.138. The Balaban J connectivity index is 2.36. The lowest BCUT2D eigenvalue weighted by atomic mass is 9.72. The molecular weight excluding hydrogens is 326 g/mol. The number of ether oxygens (including phenoxy) is 1. The second-order valence-corrected chi connectivity index (χ2v) is 7.26. The molecule has 2 rings (SSSR count). The van der Waals surface area contributed by atoms with Crippen LogP contribution in [0.3, 0.4) is 0 Å². The molecule has 0 saturated heterocycles. The molecule has 0 aromatic heterocycles. The highest BCUT2D eigenvalue weighted by atomic mass is 16.5. The first-order chi connectivity index (χ1) is 12.4. The van der Waals surface area contributed by atoms with Crippen molar-refractivity contribution in [1.82, 2.24) is 4.90 Å². The van der Waals surface area contributed by atoms with Crippen LogP contribution in [0.25, 0.3) is 0 Å². The molecular formula is C22H33NO3. The Bertz CT molecular complexity index is 664. The van der Waals surface area contributed by atoms with Gasteiger partial charge in [0.2, 0.25) is 5.91 Å². The summed E-state index contributed by atoms with van der Waals surface area (Å²) in [5.41, 5.74) is 4.29. The maximum Gasteiger partial charge on any atom is 0.225 e. The summed E-state index contributed by atoms with van der Waals surface area (Å²) in [6.45, 7) is 15.6. The molecule has 1 amide bonds. The molecule has 0 spiro atoms. The summed E-state index contributed by atoms with van der Waals surface area (Å²) in [4.78, 5) is 14.7. The van der Waals surface area contributed by atoms with Crippen molar-refractivity contribution in [2.45, 2.75) is 53.6 Å². The minimum Gasteiger partial charge on any atom is -0.489 e. The van der Waals surface area contributed by atoms with E-state index in [-0.39, 0.29) is 17.7 Å². The molecule has 4 heteroatoms. The Morgan fingerprint density at radius 3 is 2.65 bits per heavy atom. The summed E-state index contributed by atoms with van der Waals surface area (Å²) in [5, 5.41) is 11.2. The van der Waals surface area contributed by atoms with Gasteiger partial charge in [0.15, 0.2) is 0 Å². The van der Waals surface area contributed by atoms with Crippen LogP contribution >= 0.6 is 0 Å². The summed E-state index contributed by atoms with van der Waals surface area (Å²) in [5.74, 6) is 0.665. The molecule has 1 aromatic rings. The van der Waals surface area contributed by atoms with E-state index in [0.29, 0.717) is 19.7 Å². The van der Waals surface area contributed by atoms with E-state index in [9.17, 15) is 9.90 Å². The molecule has 1 aliphatic rings. The number of rotatable bonds is 7. The molecule has 1 N–H and O–H groups in total. The highest BCUT2D eigenvalue weighted by molar-refractivity contribution is 5.79. The smallest absolute Gasteiger partial charge is 0.225 e. The molecule has 4 nitrogen and oxygen atoms in total. The third-order valence-electron chi connectivity index (χ3n) is 5.81. The van der Waals surface area contributed by atoms with Crippen molar-refractivity contribution in [3.05, 3.63) is 41.0 Å². The van der Waals surface area contributed by atoms with E-state index in [2.05, 4.69) is 19.6 Å². The summed E-state index contributed by atoms with van der Waals surface area (Å²) >= 11 is 0. The summed E-state index contributed by atoms with van der Waals surface area (Å²) in [6, 6.07) is 2.05. The van der Waals surface area contributed by atoms with Crippen molar-refractivity contribution in [3.63, 3.8) is 0 Å². The lowest BCUT2D eigenvalue weighted by Gasteiger charge is -2.37. The van der Waals surface area contributed by atoms with Crippen LogP contribution in [0.4, 0.5) is 0 Å². The number of benzene rings is 1. The number of aliphatic hydroxyl groups is 1. The van der Waals surface area contributed by atoms with Gasteiger partial charge in [0, 0.05) is 24.9 Å². The van der Waals surface area contributed by atoms with Gasteiger partial charge >= 0.3 is 0 Å². The molecule has 0 saturated carbocycles. The molecule has 0 heterocycles. The molecule has 0 aliphatic heterocycles. The SMILES string of the molecule is C=CCOc1cc(C)c2c(c1C)[C@H](O)[C@@H]([C@H](C)C(=O)N(CC)CC)CC2. The Morgan fingerprint density at radius 2 is 2.08 bits per heavy atom. The zero-order valence-corrected chi connectivity index (χ0v) is 16.8. The van der Waals surface area contributed by atoms with Gasteiger partial charge in [-0.3, -0.25) is 4.79 Å². The molecule has 1 aromatic carbocycles. The average molecular weight is 360 g/mol. The van der Waals surface area contributed by atoms with Crippen LogP contribution in [0.5, 0.6) is 5.75 Å². The van der Waals surface area contributed by atoms with Crippen LogP contribution in [-0.2, 0) is 11.2 Å². The third-order valence-corrected chi connectivity index (χ3v) is 5.81. The number of hydrogen-bond acceptors (Lipinski definition) is 3. The van der Waals surface area contributed by atoms with Gasteiger partial charge in [0.25, 0.3) is 0 Å². The quantitative estimate of drug-likeness (QED) is 0.750. The maximum absolute atomic E-state index is 12.8. The largest absolute Gasteiger partial charge is 0.489 e. The zero-order valence-electron chi connectivity index (χ0n) is 16.8. The van der Waals surface area contributed by atoms with Crippen molar-refractivity contribution in [3.8, 4) is 5.75 Å². The number of aryl methyl sites for hydroxylation is 1. The van der Waals surface area contributed by atoms with Crippen LogP contribution < -0.4 is 4.74 Å². The lowest BCUT2D eigenvalue weighted by Crippen LogP contribution is -2.40. The fourth-order valence-electron chi connectivity index (χ4n) is 4.21. The number of amides is 1. The number of nitrogens with zero attached hydrogens (tertiary/aromatic N) is 1. The van der Waals surface area contributed by atoms with Crippen LogP contribution in [0.15, 0.2) is 18.7 Å². The number of hydrogen-bond donors (Lipinski definition) is 1. The Labute approximate surface area is 157 Å². The highest BCUT2D eigenvalue weighted by Crippen LogP contribution is 2.44. The first kappa shape index (κ1) is 20.5. The minimum absolute atomic E-state index is 0.0663. The molecule has 144 valence electrons. The van der Waals surface area contributed by atoms with E-state index in [0.717, 1.165) is 35.3 Å². The van der Waals surface area contributed by atoms with Gasteiger partial charge in [-0.15, -0.1) is 0 Å². The predicted molar refractivity (Wildman–Crippen MR) is 105 cm³/mol. The van der Waals surface area contributed by atoms with E-state index in [1.807, 2.05) is 32.6 Å². The van der Waals surface area contributed by atoms with Crippen LogP contribution in [0.2, 0.25) is 0 Å². The minimum atomic E-state index is -0.640. The Morgan fingerprint density at radius 1 is 1.42 bits per heavy atom. The van der Waals surface area contributed by atoms with Crippen molar-refractivity contribution < 1.29 is 14.6 Å². The molecule has 1 aliphatic carbocycles. The van der Waals surface area contributed by atoms with Gasteiger partial charge in [-0.25, -0.2) is 0 Å².